The fraction of sp³-hybridized carbons (Fsp3) is 0.412. The molecule has 0 aliphatic rings. The third-order valence-electron chi connectivity index (χ3n) is 9.64. The first-order chi connectivity index (χ1) is 30.8. The molecule has 0 heterocycles. The molecule has 0 saturated carbocycles. The summed E-state index contributed by atoms with van der Waals surface area (Å²) in [5.74, 6) is -1.83. The lowest BCUT2D eigenvalue weighted by molar-refractivity contribution is -0.143. The summed E-state index contributed by atoms with van der Waals surface area (Å²) in [4.78, 5) is 75.8. The van der Waals surface area contributed by atoms with E-state index in [1.165, 1.54) is 21.3 Å². The highest BCUT2D eigenvalue weighted by molar-refractivity contribution is 5.85. The van der Waals surface area contributed by atoms with E-state index in [1.54, 1.807) is 62.3 Å². The zero-order valence-electron chi connectivity index (χ0n) is 39.9. The third kappa shape index (κ3) is 16.6. The van der Waals surface area contributed by atoms with E-state index in [-0.39, 0.29) is 19.3 Å². The number of methoxy groups -OCH3 is 3. The molecule has 0 bridgehead atoms. The Morgan fingerprint density at radius 2 is 0.591 bits per heavy atom. The molecule has 15 nitrogen and oxygen atoms in total. The van der Waals surface area contributed by atoms with Crippen LogP contribution < -0.4 is 16.0 Å². The van der Waals surface area contributed by atoms with E-state index in [4.69, 9.17) is 28.4 Å². The third-order valence-corrected chi connectivity index (χ3v) is 9.64. The summed E-state index contributed by atoms with van der Waals surface area (Å²) in [5, 5.41) is 7.85. The van der Waals surface area contributed by atoms with Gasteiger partial charge in [-0.05, 0) is 131 Å². The molecule has 0 spiro atoms. The summed E-state index contributed by atoms with van der Waals surface area (Å²) in [6.45, 7) is 15.6. The smallest absolute Gasteiger partial charge is 0.408 e. The number of carbonyl (C=O) groups is 6. The average molecular weight is 910 g/mol. The molecule has 0 unspecified atom stereocenters. The second-order valence-corrected chi connectivity index (χ2v) is 18.7. The van der Waals surface area contributed by atoms with Crippen LogP contribution in [0.25, 0.3) is 33.4 Å². The summed E-state index contributed by atoms with van der Waals surface area (Å²) >= 11 is 0. The van der Waals surface area contributed by atoms with Crippen molar-refractivity contribution in [3.8, 4) is 33.4 Å². The lowest BCUT2D eigenvalue weighted by Crippen LogP contribution is -2.45. The molecular weight excluding hydrogens is 847 g/mol. The highest BCUT2D eigenvalue weighted by Gasteiger charge is 2.28. The molecule has 4 aromatic rings. The van der Waals surface area contributed by atoms with Gasteiger partial charge in [0.1, 0.15) is 34.9 Å². The van der Waals surface area contributed by atoms with E-state index < -0.39 is 71.1 Å². The zero-order chi connectivity index (χ0) is 49.0. The molecule has 4 rings (SSSR count). The van der Waals surface area contributed by atoms with Crippen LogP contribution in [0.5, 0.6) is 0 Å². The second kappa shape index (κ2) is 22.3. The van der Waals surface area contributed by atoms with Gasteiger partial charge in [0.25, 0.3) is 0 Å². The van der Waals surface area contributed by atoms with Crippen molar-refractivity contribution in [2.24, 2.45) is 0 Å². The predicted octanol–water partition coefficient (Wildman–Crippen LogP) is 8.51. The van der Waals surface area contributed by atoms with Crippen molar-refractivity contribution < 1.29 is 57.2 Å². The van der Waals surface area contributed by atoms with Gasteiger partial charge in [-0.3, -0.25) is 0 Å². The first kappa shape index (κ1) is 51.7. The number of alkyl carbamates (subject to hydrolysis) is 3. The van der Waals surface area contributed by atoms with Gasteiger partial charge >= 0.3 is 36.2 Å². The Balaban J connectivity index is 1.70. The molecule has 15 heteroatoms. The number of ether oxygens (including phenoxy) is 6. The maximum atomic E-state index is 12.7. The van der Waals surface area contributed by atoms with Gasteiger partial charge in [0.2, 0.25) is 0 Å². The highest BCUT2D eigenvalue weighted by atomic mass is 16.6. The summed E-state index contributed by atoms with van der Waals surface area (Å²) in [5.41, 5.74) is 5.26. The Bertz CT molecular complexity index is 2050. The van der Waals surface area contributed by atoms with Crippen LogP contribution in [0.3, 0.4) is 0 Å². The Morgan fingerprint density at radius 3 is 0.773 bits per heavy atom. The van der Waals surface area contributed by atoms with Crippen molar-refractivity contribution in [3.05, 3.63) is 108 Å². The van der Waals surface area contributed by atoms with E-state index in [9.17, 15) is 28.8 Å². The molecule has 3 N–H and O–H groups in total. The van der Waals surface area contributed by atoms with Gasteiger partial charge in [0.15, 0.2) is 0 Å². The summed E-state index contributed by atoms with van der Waals surface area (Å²) < 4.78 is 31.0. The number of rotatable bonds is 15. The number of esters is 3. The molecule has 0 aliphatic heterocycles. The van der Waals surface area contributed by atoms with Gasteiger partial charge < -0.3 is 44.4 Å². The Hall–Kier alpha value is -6.90. The van der Waals surface area contributed by atoms with E-state index >= 15 is 0 Å². The molecule has 66 heavy (non-hydrogen) atoms. The Kier molecular flexibility index (Phi) is 17.5. The molecule has 4 aromatic carbocycles. The standard InChI is InChI=1S/C51H63N3O12/c1-49(2,3)64-46(58)52-40(43(55)61-10)25-31-13-19-34(20-14-31)37-28-38(35-21-15-32(16-22-35)26-41(44(56)62-11)53-47(59)65-50(4,5)6)30-39(29-37)36-23-17-33(18-24-36)27-42(45(57)63-12)54-48(60)66-51(7,8)9/h13-24,28-30,40-42H,25-27H2,1-12H3,(H,52,58)(H,53,59)(H,54,60)/t40-,41-,42-/m0/s1. The van der Waals surface area contributed by atoms with Crippen LogP contribution in [-0.2, 0) is 62.1 Å². The van der Waals surface area contributed by atoms with Crippen LogP contribution >= 0.6 is 0 Å². The number of amides is 3. The maximum absolute atomic E-state index is 12.7. The minimum Gasteiger partial charge on any atom is -0.467 e. The first-order valence-corrected chi connectivity index (χ1v) is 21.5. The van der Waals surface area contributed by atoms with Gasteiger partial charge in [-0.15, -0.1) is 0 Å². The van der Waals surface area contributed by atoms with E-state index in [1.807, 2.05) is 91.0 Å². The van der Waals surface area contributed by atoms with Crippen LogP contribution in [0.1, 0.15) is 79.0 Å². The molecule has 3 atom stereocenters. The number of benzene rings is 4. The molecule has 354 valence electrons. The average Bonchev–Trinajstić information content (AvgIpc) is 3.23. The van der Waals surface area contributed by atoms with Crippen LogP contribution in [-0.4, -0.2) is 92.4 Å². The highest BCUT2D eigenvalue weighted by Crippen LogP contribution is 2.34. The van der Waals surface area contributed by atoms with Gasteiger partial charge in [0, 0.05) is 19.3 Å². The van der Waals surface area contributed by atoms with Gasteiger partial charge in [0.05, 0.1) is 21.3 Å². The van der Waals surface area contributed by atoms with E-state index in [2.05, 4.69) is 16.0 Å². The Morgan fingerprint density at radius 1 is 0.379 bits per heavy atom. The molecule has 0 aromatic heterocycles. The maximum Gasteiger partial charge on any atom is 0.408 e. The van der Waals surface area contributed by atoms with Gasteiger partial charge in [-0.1, -0.05) is 72.8 Å². The number of hydrogen-bond donors (Lipinski definition) is 3. The minimum atomic E-state index is -0.983. The fourth-order valence-electron chi connectivity index (χ4n) is 6.69. The zero-order valence-corrected chi connectivity index (χ0v) is 39.9. The Labute approximate surface area is 387 Å². The van der Waals surface area contributed by atoms with Gasteiger partial charge in [-0.2, -0.15) is 0 Å². The van der Waals surface area contributed by atoms with Crippen LogP contribution in [0, 0.1) is 0 Å². The van der Waals surface area contributed by atoms with Crippen molar-refractivity contribution >= 4 is 36.2 Å². The van der Waals surface area contributed by atoms with Crippen molar-refractivity contribution in [2.45, 2.75) is 117 Å². The number of hydrogen-bond acceptors (Lipinski definition) is 12. The summed E-state index contributed by atoms with van der Waals surface area (Å²) in [6.07, 6.45) is -1.73. The molecule has 0 saturated heterocycles. The van der Waals surface area contributed by atoms with Crippen LogP contribution in [0.15, 0.2) is 91.0 Å². The molecule has 0 fully saturated rings. The largest absolute Gasteiger partial charge is 0.467 e. The van der Waals surface area contributed by atoms with Crippen molar-refractivity contribution in [1.29, 1.82) is 0 Å². The second-order valence-electron chi connectivity index (χ2n) is 18.7. The van der Waals surface area contributed by atoms with E-state index in [0.717, 1.165) is 50.1 Å². The first-order valence-electron chi connectivity index (χ1n) is 21.5. The molecule has 0 aliphatic carbocycles. The topological polar surface area (TPSA) is 194 Å². The predicted molar refractivity (Wildman–Crippen MR) is 249 cm³/mol. The lowest BCUT2D eigenvalue weighted by atomic mass is 9.91. The quantitative estimate of drug-likeness (QED) is 0.0762. The van der Waals surface area contributed by atoms with Crippen molar-refractivity contribution in [1.82, 2.24) is 16.0 Å². The number of nitrogens with one attached hydrogen (secondary N) is 3. The van der Waals surface area contributed by atoms with E-state index in [0.29, 0.717) is 0 Å². The molecular formula is C51H63N3O12. The summed E-state index contributed by atoms with van der Waals surface area (Å²) in [7, 11) is 3.77. The lowest BCUT2D eigenvalue weighted by Gasteiger charge is -2.22. The van der Waals surface area contributed by atoms with Crippen molar-refractivity contribution in [2.75, 3.05) is 21.3 Å². The van der Waals surface area contributed by atoms with Crippen molar-refractivity contribution in [3.63, 3.8) is 0 Å². The molecule has 0 radical (unpaired) electrons. The van der Waals surface area contributed by atoms with Crippen LogP contribution in [0.2, 0.25) is 0 Å². The molecule has 3 amide bonds. The monoisotopic (exact) mass is 909 g/mol. The fourth-order valence-corrected chi connectivity index (χ4v) is 6.69. The summed E-state index contributed by atoms with van der Waals surface area (Å²) in [6, 6.07) is 26.1. The minimum absolute atomic E-state index is 0.157. The SMILES string of the molecule is COC(=O)[C@H](Cc1ccc(-c2cc(-c3ccc(C[C@H](NC(=O)OC(C)(C)C)C(=O)OC)cc3)cc(-c3ccc(C[C@H](NC(=O)OC(C)(C)C)C(=O)OC)cc3)c2)cc1)NC(=O)OC(C)(C)C. The normalized spacial score (nSPS) is 12.9. The number of carbonyl (C=O) groups excluding carboxylic acids is 6. The van der Waals surface area contributed by atoms with Gasteiger partial charge in [-0.25, -0.2) is 28.8 Å². The van der Waals surface area contributed by atoms with Crippen LogP contribution in [0.4, 0.5) is 14.4 Å².